The third-order valence-corrected chi connectivity index (χ3v) is 8.10. The van der Waals surface area contributed by atoms with E-state index in [0.717, 1.165) is 30.4 Å². The molecule has 0 spiro atoms. The maximum absolute atomic E-state index is 13.8. The molecule has 1 aliphatic heterocycles. The van der Waals surface area contributed by atoms with E-state index in [0.29, 0.717) is 12.4 Å². The van der Waals surface area contributed by atoms with Crippen molar-refractivity contribution in [1.82, 2.24) is 4.31 Å². The van der Waals surface area contributed by atoms with Crippen LogP contribution in [0.3, 0.4) is 0 Å². The zero-order valence-electron chi connectivity index (χ0n) is 21.1. The van der Waals surface area contributed by atoms with E-state index in [1.54, 1.807) is 36.4 Å². The Labute approximate surface area is 219 Å². The van der Waals surface area contributed by atoms with Crippen LogP contribution in [-0.4, -0.2) is 56.5 Å². The van der Waals surface area contributed by atoms with Crippen molar-refractivity contribution < 1.29 is 27.7 Å². The Bertz CT molecular complexity index is 1180. The van der Waals surface area contributed by atoms with E-state index in [4.69, 9.17) is 14.2 Å². The molecule has 3 atom stereocenters. The van der Waals surface area contributed by atoms with E-state index < -0.39 is 28.5 Å². The van der Waals surface area contributed by atoms with Gasteiger partial charge in [0.05, 0.1) is 11.0 Å². The predicted molar refractivity (Wildman–Crippen MR) is 142 cm³/mol. The minimum atomic E-state index is -3.94. The summed E-state index contributed by atoms with van der Waals surface area (Å²) in [5.41, 5.74) is 1.80. The van der Waals surface area contributed by atoms with Gasteiger partial charge in [-0.1, -0.05) is 66.2 Å². The number of hydrogen-bond donors (Lipinski definition) is 1. The largest absolute Gasteiger partial charge is 0.491 e. The molecule has 1 unspecified atom stereocenters. The number of aliphatic hydroxyl groups excluding tert-OH is 1. The normalized spacial score (nSPS) is 17.9. The summed E-state index contributed by atoms with van der Waals surface area (Å²) in [6, 6.07) is 25.4. The molecule has 0 aromatic heterocycles. The third-order valence-electron chi connectivity index (χ3n) is 6.25. The highest BCUT2D eigenvalue weighted by atomic mass is 32.2. The van der Waals surface area contributed by atoms with Gasteiger partial charge in [-0.3, -0.25) is 0 Å². The Morgan fingerprint density at radius 3 is 2.27 bits per heavy atom. The molecule has 0 amide bonds. The Morgan fingerprint density at radius 1 is 0.946 bits per heavy atom. The lowest BCUT2D eigenvalue weighted by Crippen LogP contribution is -2.43. The van der Waals surface area contributed by atoms with Gasteiger partial charge in [-0.15, -0.1) is 0 Å². The van der Waals surface area contributed by atoms with Crippen LogP contribution in [0.2, 0.25) is 0 Å². The highest BCUT2D eigenvalue weighted by Crippen LogP contribution is 2.28. The zero-order chi connectivity index (χ0) is 26.1. The smallest absolute Gasteiger partial charge is 0.243 e. The van der Waals surface area contributed by atoms with Crippen LogP contribution in [-0.2, 0) is 19.5 Å². The van der Waals surface area contributed by atoms with Gasteiger partial charge in [0.25, 0.3) is 0 Å². The fourth-order valence-corrected chi connectivity index (χ4v) is 5.69. The van der Waals surface area contributed by atoms with Crippen molar-refractivity contribution in [3.05, 3.63) is 96.1 Å². The summed E-state index contributed by atoms with van der Waals surface area (Å²) in [5, 5.41) is 10.8. The standard InChI is InChI=1S/C29H35NO6S/c1-23-15-17-27(18-16-23)37(32,33)30(20-25(31)22-35-26-12-6-3-7-13-26)21-28(24-10-4-2-5-11-24)36-29-14-8-9-19-34-29/h2-7,10-13,15-18,25,28-29,31H,8-9,14,19-22H2,1H3/t25-,28-,29?/m0/s1. The molecule has 37 heavy (non-hydrogen) atoms. The summed E-state index contributed by atoms with van der Waals surface area (Å²) in [6.45, 7) is 2.34. The SMILES string of the molecule is Cc1ccc(S(=O)(=O)N(C[C@H](O)COc2ccccc2)C[C@H](OC2CCCCO2)c2ccccc2)cc1. The minimum Gasteiger partial charge on any atom is -0.491 e. The van der Waals surface area contributed by atoms with Gasteiger partial charge in [-0.2, -0.15) is 4.31 Å². The Kier molecular flexibility index (Phi) is 9.71. The highest BCUT2D eigenvalue weighted by molar-refractivity contribution is 7.89. The molecule has 1 aliphatic rings. The molecule has 3 aromatic rings. The molecule has 0 radical (unpaired) electrons. The first kappa shape index (κ1) is 27.3. The molecule has 4 rings (SSSR count). The Balaban J connectivity index is 1.58. The fraction of sp³-hybridized carbons (Fsp3) is 0.379. The van der Waals surface area contributed by atoms with Crippen LogP contribution in [0.25, 0.3) is 0 Å². The molecule has 1 heterocycles. The van der Waals surface area contributed by atoms with Gasteiger partial charge in [0.15, 0.2) is 6.29 Å². The molecule has 1 fully saturated rings. The summed E-state index contributed by atoms with van der Waals surface area (Å²) in [6.07, 6.45) is 0.690. The van der Waals surface area contributed by atoms with Crippen molar-refractivity contribution in [2.45, 2.75) is 49.6 Å². The number of aryl methyl sites for hydroxylation is 1. The van der Waals surface area contributed by atoms with Crippen LogP contribution in [0.5, 0.6) is 5.75 Å². The van der Waals surface area contributed by atoms with Gasteiger partial charge in [-0.25, -0.2) is 8.42 Å². The molecule has 8 heteroatoms. The summed E-state index contributed by atoms with van der Waals surface area (Å²) < 4.78 is 46.7. The molecular weight excluding hydrogens is 490 g/mol. The quantitative estimate of drug-likeness (QED) is 0.369. The molecule has 3 aromatic carbocycles. The van der Waals surface area contributed by atoms with Crippen molar-refractivity contribution in [3.63, 3.8) is 0 Å². The summed E-state index contributed by atoms with van der Waals surface area (Å²) in [4.78, 5) is 0.162. The van der Waals surface area contributed by atoms with Gasteiger partial charge in [0.1, 0.15) is 18.5 Å². The molecule has 7 nitrogen and oxygen atoms in total. The van der Waals surface area contributed by atoms with Crippen LogP contribution in [0.4, 0.5) is 0 Å². The third kappa shape index (κ3) is 7.87. The van der Waals surface area contributed by atoms with Crippen LogP contribution < -0.4 is 4.74 Å². The lowest BCUT2D eigenvalue weighted by molar-refractivity contribution is -0.191. The summed E-state index contributed by atoms with van der Waals surface area (Å²) >= 11 is 0. The monoisotopic (exact) mass is 525 g/mol. The number of para-hydroxylation sites is 1. The minimum absolute atomic E-state index is 0.0163. The molecule has 1 N–H and O–H groups in total. The topological polar surface area (TPSA) is 85.3 Å². The Morgan fingerprint density at radius 2 is 1.62 bits per heavy atom. The number of benzene rings is 3. The first-order valence-electron chi connectivity index (χ1n) is 12.7. The van der Waals surface area contributed by atoms with Gasteiger partial charge >= 0.3 is 0 Å². The molecule has 0 saturated carbocycles. The van der Waals surface area contributed by atoms with Crippen molar-refractivity contribution in [1.29, 1.82) is 0 Å². The molecule has 198 valence electrons. The van der Waals surface area contributed by atoms with Gasteiger partial charge < -0.3 is 19.3 Å². The summed E-state index contributed by atoms with van der Waals surface area (Å²) in [7, 11) is -3.94. The second kappa shape index (κ2) is 13.2. The average molecular weight is 526 g/mol. The van der Waals surface area contributed by atoms with Crippen molar-refractivity contribution in [2.75, 3.05) is 26.3 Å². The van der Waals surface area contributed by atoms with E-state index in [1.165, 1.54) is 4.31 Å². The number of aliphatic hydroxyl groups is 1. The number of ether oxygens (including phenoxy) is 3. The predicted octanol–water partition coefficient (Wildman–Crippen LogP) is 4.71. The van der Waals surface area contributed by atoms with Crippen LogP contribution >= 0.6 is 0 Å². The first-order chi connectivity index (χ1) is 17.9. The lowest BCUT2D eigenvalue weighted by atomic mass is 10.1. The van der Waals surface area contributed by atoms with Crippen molar-refractivity contribution >= 4 is 10.0 Å². The average Bonchev–Trinajstić information content (AvgIpc) is 2.93. The number of sulfonamides is 1. The van der Waals surface area contributed by atoms with Crippen LogP contribution in [0.15, 0.2) is 89.8 Å². The van der Waals surface area contributed by atoms with Crippen LogP contribution in [0, 0.1) is 6.92 Å². The van der Waals surface area contributed by atoms with E-state index in [1.807, 2.05) is 55.5 Å². The van der Waals surface area contributed by atoms with E-state index in [-0.39, 0.29) is 24.6 Å². The van der Waals surface area contributed by atoms with Gasteiger partial charge in [0.2, 0.25) is 10.0 Å². The van der Waals surface area contributed by atoms with Gasteiger partial charge in [-0.05, 0) is 56.0 Å². The molecule has 0 bridgehead atoms. The maximum atomic E-state index is 13.8. The molecule has 1 saturated heterocycles. The fourth-order valence-electron chi connectivity index (χ4n) is 4.21. The second-order valence-electron chi connectivity index (χ2n) is 9.24. The second-order valence-corrected chi connectivity index (χ2v) is 11.2. The highest BCUT2D eigenvalue weighted by Gasteiger charge is 2.32. The number of hydrogen-bond acceptors (Lipinski definition) is 6. The number of rotatable bonds is 12. The van der Waals surface area contributed by atoms with E-state index in [2.05, 4.69) is 0 Å². The Hall–Kier alpha value is -2.75. The van der Waals surface area contributed by atoms with Crippen molar-refractivity contribution in [3.8, 4) is 5.75 Å². The zero-order valence-corrected chi connectivity index (χ0v) is 21.9. The molecular formula is C29H35NO6S. The van der Waals surface area contributed by atoms with E-state index >= 15 is 0 Å². The van der Waals surface area contributed by atoms with E-state index in [9.17, 15) is 13.5 Å². The summed E-state index contributed by atoms with van der Waals surface area (Å²) in [5.74, 6) is 0.606. The van der Waals surface area contributed by atoms with Gasteiger partial charge in [0, 0.05) is 19.7 Å². The van der Waals surface area contributed by atoms with Crippen molar-refractivity contribution in [2.24, 2.45) is 0 Å². The molecule has 0 aliphatic carbocycles. The maximum Gasteiger partial charge on any atom is 0.243 e. The number of nitrogens with zero attached hydrogens (tertiary/aromatic N) is 1. The lowest BCUT2D eigenvalue weighted by Gasteiger charge is -2.32. The van der Waals surface area contributed by atoms with Crippen LogP contribution in [0.1, 0.15) is 36.5 Å². The first-order valence-corrected chi connectivity index (χ1v) is 14.1.